The Balaban J connectivity index is 1.59. The summed E-state index contributed by atoms with van der Waals surface area (Å²) in [6.45, 7) is 7.75. The third kappa shape index (κ3) is 2.79. The molecular weight excluding hydrogens is 368 g/mol. The molecule has 158 valence electrons. The van der Waals surface area contributed by atoms with E-state index < -0.39 is 11.1 Å². The maximum atomic E-state index is 13.2. The Bertz CT molecular complexity index is 823. The zero-order valence-corrected chi connectivity index (χ0v) is 18.1. The van der Waals surface area contributed by atoms with E-state index in [-0.39, 0.29) is 22.7 Å². The fourth-order valence-corrected chi connectivity index (χ4v) is 5.25. The third-order valence-corrected chi connectivity index (χ3v) is 7.87. The van der Waals surface area contributed by atoms with Crippen molar-refractivity contribution < 1.29 is 19.0 Å². The van der Waals surface area contributed by atoms with Gasteiger partial charge >= 0.3 is 5.97 Å². The van der Waals surface area contributed by atoms with Gasteiger partial charge in [0.2, 0.25) is 5.90 Å². The Labute approximate surface area is 173 Å². The van der Waals surface area contributed by atoms with E-state index in [2.05, 4.69) is 26.1 Å². The van der Waals surface area contributed by atoms with Gasteiger partial charge in [-0.3, -0.25) is 0 Å². The van der Waals surface area contributed by atoms with Crippen molar-refractivity contribution >= 4 is 17.6 Å². The van der Waals surface area contributed by atoms with E-state index in [1.165, 1.54) is 0 Å². The molecule has 2 aliphatic carbocycles. The standard InChI is InChI=1S/C23H32N2O4/c1-20(2)21(3,15-27-4)11-12-23(20)18(28-5)25-22(19(26)29-23)13-16(22)14-24-17-9-7-6-8-10-17/h6-10,16,24H,11-15H2,1-5H3/t16-,21-,22+,23+/m0/s1. The highest BCUT2D eigenvalue weighted by Crippen LogP contribution is 2.63. The Morgan fingerprint density at radius 3 is 2.55 bits per heavy atom. The van der Waals surface area contributed by atoms with Crippen LogP contribution in [0.25, 0.3) is 0 Å². The van der Waals surface area contributed by atoms with Gasteiger partial charge in [-0.05, 0) is 31.4 Å². The lowest BCUT2D eigenvalue weighted by atomic mass is 9.63. The lowest BCUT2D eigenvalue weighted by molar-refractivity contribution is -0.174. The number of benzene rings is 1. The maximum absolute atomic E-state index is 13.2. The van der Waals surface area contributed by atoms with Gasteiger partial charge < -0.3 is 19.5 Å². The fourth-order valence-electron chi connectivity index (χ4n) is 5.25. The SMILES string of the molecule is COC[C@]1(C)CC[C@]2(OC(=O)[C@]3(C[C@H]3CNc3ccccc3)N=C2OC)C1(C)C. The van der Waals surface area contributed by atoms with Crippen LogP contribution in [0.4, 0.5) is 5.69 Å². The Hall–Kier alpha value is -2.08. The van der Waals surface area contributed by atoms with Gasteiger partial charge in [0.25, 0.3) is 0 Å². The number of hydrogen-bond acceptors (Lipinski definition) is 6. The highest BCUT2D eigenvalue weighted by molar-refractivity contribution is 5.99. The summed E-state index contributed by atoms with van der Waals surface area (Å²) in [6, 6.07) is 10.0. The van der Waals surface area contributed by atoms with Crippen molar-refractivity contribution in [3.63, 3.8) is 0 Å². The van der Waals surface area contributed by atoms with Gasteiger partial charge in [0.05, 0.1) is 13.7 Å². The first kappa shape index (κ1) is 20.2. The number of para-hydroxylation sites is 1. The van der Waals surface area contributed by atoms with E-state index in [0.717, 1.165) is 12.1 Å². The molecule has 1 heterocycles. The highest BCUT2D eigenvalue weighted by atomic mass is 16.6. The van der Waals surface area contributed by atoms with E-state index in [0.29, 0.717) is 31.9 Å². The molecule has 0 aromatic heterocycles. The van der Waals surface area contributed by atoms with Crippen LogP contribution in [0.1, 0.15) is 40.0 Å². The second-order valence-corrected chi connectivity index (χ2v) is 9.53. The van der Waals surface area contributed by atoms with Gasteiger partial charge in [-0.2, -0.15) is 0 Å². The largest absolute Gasteiger partial charge is 0.481 e. The fraction of sp³-hybridized carbons (Fsp3) is 0.652. The van der Waals surface area contributed by atoms with Gasteiger partial charge in [0, 0.05) is 36.1 Å². The first-order valence-electron chi connectivity index (χ1n) is 10.4. The van der Waals surface area contributed by atoms with Crippen LogP contribution in [0, 0.1) is 16.7 Å². The number of nitrogens with one attached hydrogen (secondary N) is 1. The number of methoxy groups -OCH3 is 2. The van der Waals surface area contributed by atoms with Crippen molar-refractivity contribution in [3.05, 3.63) is 30.3 Å². The van der Waals surface area contributed by atoms with Gasteiger partial charge in [-0.15, -0.1) is 0 Å². The number of nitrogens with zero attached hydrogens (tertiary/aromatic N) is 1. The number of rotatable bonds is 5. The molecular formula is C23H32N2O4. The van der Waals surface area contributed by atoms with E-state index in [1.54, 1.807) is 14.2 Å². The summed E-state index contributed by atoms with van der Waals surface area (Å²) in [4.78, 5) is 18.1. The topological polar surface area (TPSA) is 69.2 Å². The Kier molecular flexibility index (Phi) is 4.69. The van der Waals surface area contributed by atoms with Crippen molar-refractivity contribution in [2.75, 3.05) is 32.7 Å². The summed E-state index contributed by atoms with van der Waals surface area (Å²) in [5.74, 6) is 0.449. The van der Waals surface area contributed by atoms with Crippen LogP contribution in [-0.4, -0.2) is 50.4 Å². The molecule has 1 N–H and O–H groups in total. The molecule has 2 fully saturated rings. The number of hydrogen-bond donors (Lipinski definition) is 1. The molecule has 1 aromatic carbocycles. The average molecular weight is 401 g/mol. The Morgan fingerprint density at radius 1 is 1.17 bits per heavy atom. The number of carbonyl (C=O) groups is 1. The maximum Gasteiger partial charge on any atom is 0.335 e. The van der Waals surface area contributed by atoms with Crippen LogP contribution < -0.4 is 5.32 Å². The zero-order valence-electron chi connectivity index (χ0n) is 18.1. The number of carbonyl (C=O) groups excluding carboxylic acids is 1. The molecule has 2 spiro atoms. The van der Waals surface area contributed by atoms with Crippen LogP contribution in [0.3, 0.4) is 0 Å². The van der Waals surface area contributed by atoms with E-state index in [4.69, 9.17) is 19.2 Å². The molecule has 6 nitrogen and oxygen atoms in total. The predicted octanol–water partition coefficient (Wildman–Crippen LogP) is 3.67. The summed E-state index contributed by atoms with van der Waals surface area (Å²) >= 11 is 0. The second-order valence-electron chi connectivity index (χ2n) is 9.53. The molecule has 6 heteroatoms. The number of anilines is 1. The van der Waals surface area contributed by atoms with Gasteiger partial charge in [-0.1, -0.05) is 39.0 Å². The number of esters is 1. The van der Waals surface area contributed by atoms with Gasteiger partial charge in [0.15, 0.2) is 11.1 Å². The molecule has 0 unspecified atom stereocenters. The van der Waals surface area contributed by atoms with Crippen LogP contribution >= 0.6 is 0 Å². The van der Waals surface area contributed by atoms with E-state index in [1.807, 2.05) is 30.3 Å². The molecule has 0 amide bonds. The first-order valence-corrected chi connectivity index (χ1v) is 10.4. The predicted molar refractivity (Wildman–Crippen MR) is 112 cm³/mol. The summed E-state index contributed by atoms with van der Waals surface area (Å²) in [5.41, 5.74) is -1.11. The van der Waals surface area contributed by atoms with Crippen molar-refractivity contribution in [1.82, 2.24) is 0 Å². The Morgan fingerprint density at radius 2 is 1.90 bits per heavy atom. The second kappa shape index (κ2) is 6.73. The van der Waals surface area contributed by atoms with E-state index in [9.17, 15) is 4.79 Å². The monoisotopic (exact) mass is 400 g/mol. The summed E-state index contributed by atoms with van der Waals surface area (Å²) < 4.78 is 17.6. The average Bonchev–Trinajstić information content (AvgIpc) is 3.37. The number of ether oxygens (including phenoxy) is 3. The third-order valence-electron chi connectivity index (χ3n) is 7.87. The lowest BCUT2D eigenvalue weighted by Gasteiger charge is -2.49. The van der Waals surface area contributed by atoms with E-state index >= 15 is 0 Å². The molecule has 0 saturated heterocycles. The summed E-state index contributed by atoms with van der Waals surface area (Å²) in [5, 5.41) is 3.40. The molecule has 1 aromatic rings. The molecule has 0 bridgehead atoms. The van der Waals surface area contributed by atoms with Gasteiger partial charge in [0.1, 0.15) is 0 Å². The zero-order chi connectivity index (χ0) is 20.9. The van der Waals surface area contributed by atoms with Gasteiger partial charge in [-0.25, -0.2) is 9.79 Å². The minimum atomic E-state index is -0.836. The van der Waals surface area contributed by atoms with Crippen molar-refractivity contribution in [3.8, 4) is 0 Å². The quantitative estimate of drug-likeness (QED) is 0.764. The van der Waals surface area contributed by atoms with Crippen molar-refractivity contribution in [2.24, 2.45) is 21.7 Å². The van der Waals surface area contributed by atoms with Crippen LogP contribution in [-0.2, 0) is 19.0 Å². The molecule has 1 aliphatic heterocycles. The van der Waals surface area contributed by atoms with Crippen LogP contribution in [0.15, 0.2) is 35.3 Å². The molecule has 4 rings (SSSR count). The molecule has 3 aliphatic rings. The normalized spacial score (nSPS) is 37.3. The molecule has 2 saturated carbocycles. The van der Waals surface area contributed by atoms with Crippen LogP contribution in [0.5, 0.6) is 0 Å². The first-order chi connectivity index (χ1) is 13.7. The lowest BCUT2D eigenvalue weighted by Crippen LogP contribution is -2.60. The molecule has 0 radical (unpaired) electrons. The smallest absolute Gasteiger partial charge is 0.335 e. The molecule has 29 heavy (non-hydrogen) atoms. The van der Waals surface area contributed by atoms with Crippen LogP contribution in [0.2, 0.25) is 0 Å². The number of aliphatic imine (C=N–C) groups is 1. The molecule has 4 atom stereocenters. The summed E-state index contributed by atoms with van der Waals surface area (Å²) in [7, 11) is 3.35. The summed E-state index contributed by atoms with van der Waals surface area (Å²) in [6.07, 6.45) is 2.27. The minimum absolute atomic E-state index is 0.104. The van der Waals surface area contributed by atoms with Crippen molar-refractivity contribution in [1.29, 1.82) is 0 Å². The minimum Gasteiger partial charge on any atom is -0.481 e. The highest BCUT2D eigenvalue weighted by Gasteiger charge is 2.73. The van der Waals surface area contributed by atoms with Crippen molar-refractivity contribution in [2.45, 2.75) is 51.2 Å².